The van der Waals surface area contributed by atoms with E-state index >= 15 is 0 Å². The maximum Gasteiger partial charge on any atom is 0.331 e. The highest BCUT2D eigenvalue weighted by Gasteiger charge is 2.69. The van der Waals surface area contributed by atoms with Crippen LogP contribution in [0, 0.1) is 5.41 Å². The highest BCUT2D eigenvalue weighted by Crippen LogP contribution is 2.66. The fourth-order valence-electron chi connectivity index (χ4n) is 2.91. The van der Waals surface area contributed by atoms with Gasteiger partial charge in [-0.2, -0.15) is 0 Å². The number of ether oxygens (including phenoxy) is 1. The summed E-state index contributed by atoms with van der Waals surface area (Å²) < 4.78 is 5.49. The summed E-state index contributed by atoms with van der Waals surface area (Å²) in [6.45, 7) is 6.49. The van der Waals surface area contributed by atoms with Crippen LogP contribution in [-0.2, 0) is 9.53 Å². The molecule has 2 atom stereocenters. The average molecular weight is 208 g/mol. The van der Waals surface area contributed by atoms with Crippen LogP contribution in [0.1, 0.15) is 52.9 Å². The third-order valence-electron chi connectivity index (χ3n) is 4.07. The van der Waals surface area contributed by atoms with E-state index in [0.29, 0.717) is 0 Å². The van der Waals surface area contributed by atoms with Gasteiger partial charge in [0.2, 0.25) is 0 Å². The van der Waals surface area contributed by atoms with Crippen molar-refractivity contribution >= 4 is 5.97 Å². The van der Waals surface area contributed by atoms with Gasteiger partial charge in [-0.15, -0.1) is 0 Å². The number of esters is 1. The van der Waals surface area contributed by atoms with Gasteiger partial charge in [0.05, 0.1) is 0 Å². The fourth-order valence-corrected chi connectivity index (χ4v) is 2.91. The zero-order chi connectivity index (χ0) is 11.1. The first-order valence-corrected chi connectivity index (χ1v) is 5.96. The van der Waals surface area contributed by atoms with Crippen LogP contribution in [0.5, 0.6) is 0 Å². The van der Waals surface area contributed by atoms with Gasteiger partial charge in [-0.1, -0.05) is 33.1 Å². The van der Waals surface area contributed by atoms with Crippen molar-refractivity contribution in [2.24, 2.45) is 5.41 Å². The lowest BCUT2D eigenvalue weighted by Gasteiger charge is -2.18. The molecule has 0 aromatic rings. The van der Waals surface area contributed by atoms with Crippen molar-refractivity contribution in [3.8, 4) is 0 Å². The zero-order valence-corrected chi connectivity index (χ0v) is 9.93. The van der Waals surface area contributed by atoms with Gasteiger partial charge in [-0.25, -0.2) is 4.79 Å². The topological polar surface area (TPSA) is 26.3 Å². The molecule has 15 heavy (non-hydrogen) atoms. The molecule has 0 aromatic heterocycles. The van der Waals surface area contributed by atoms with Crippen LogP contribution in [0.3, 0.4) is 0 Å². The quantitative estimate of drug-likeness (QED) is 0.524. The van der Waals surface area contributed by atoms with Crippen molar-refractivity contribution in [1.82, 2.24) is 0 Å². The average Bonchev–Trinajstić information content (AvgIpc) is 2.61. The van der Waals surface area contributed by atoms with E-state index in [0.717, 1.165) is 12.0 Å². The van der Waals surface area contributed by atoms with Gasteiger partial charge in [0.25, 0.3) is 0 Å². The second kappa shape index (κ2) is 3.36. The molecule has 1 spiro atoms. The van der Waals surface area contributed by atoms with E-state index in [9.17, 15) is 4.79 Å². The van der Waals surface area contributed by atoms with Crippen molar-refractivity contribution in [3.05, 3.63) is 11.6 Å². The maximum atomic E-state index is 11.2. The molecule has 0 radical (unpaired) electrons. The Balaban J connectivity index is 1.98. The van der Waals surface area contributed by atoms with E-state index < -0.39 is 0 Å². The Kier molecular flexibility index (Phi) is 2.40. The molecule has 2 rings (SSSR count). The first-order valence-electron chi connectivity index (χ1n) is 5.96. The van der Waals surface area contributed by atoms with Gasteiger partial charge in [0.15, 0.2) is 0 Å². The lowest BCUT2D eigenvalue weighted by molar-refractivity contribution is -0.141. The van der Waals surface area contributed by atoms with Gasteiger partial charge < -0.3 is 4.74 Å². The maximum absolute atomic E-state index is 11.2. The van der Waals surface area contributed by atoms with E-state index in [1.165, 1.54) is 25.7 Å². The standard InChI is InChI=1S/C13H20O2/c1-4-5-6-7-12(3)9-13(12)10(2)8-11(14)15-13/h8H,4-7,9H2,1-3H3/t12-,13+/m1/s1. The van der Waals surface area contributed by atoms with Gasteiger partial charge >= 0.3 is 5.97 Å². The van der Waals surface area contributed by atoms with Crippen molar-refractivity contribution in [2.75, 3.05) is 0 Å². The molecule has 1 heterocycles. The minimum absolute atomic E-state index is 0.147. The lowest BCUT2D eigenvalue weighted by atomic mass is 9.93. The molecule has 1 fully saturated rings. The third-order valence-corrected chi connectivity index (χ3v) is 4.07. The van der Waals surface area contributed by atoms with Crippen molar-refractivity contribution in [3.63, 3.8) is 0 Å². The van der Waals surface area contributed by atoms with Gasteiger partial charge in [-0.3, -0.25) is 0 Å². The molecule has 2 heteroatoms. The molecular weight excluding hydrogens is 188 g/mol. The Hall–Kier alpha value is -0.790. The number of rotatable bonds is 4. The zero-order valence-electron chi connectivity index (χ0n) is 9.93. The van der Waals surface area contributed by atoms with E-state index in [1.807, 2.05) is 6.92 Å². The SMILES string of the molecule is CCCCC[C@]1(C)C[C@@]12OC(=O)C=C2C. The molecule has 1 aliphatic heterocycles. The van der Waals surface area contributed by atoms with Crippen molar-refractivity contribution in [2.45, 2.75) is 58.5 Å². The normalized spacial score (nSPS) is 38.1. The smallest absolute Gasteiger partial charge is 0.331 e. The van der Waals surface area contributed by atoms with Gasteiger partial charge in [0, 0.05) is 17.9 Å². The molecule has 0 bridgehead atoms. The molecule has 2 nitrogen and oxygen atoms in total. The number of carbonyl (C=O) groups is 1. The van der Waals surface area contributed by atoms with Gasteiger partial charge in [0.1, 0.15) is 5.60 Å². The van der Waals surface area contributed by atoms with E-state index in [2.05, 4.69) is 13.8 Å². The van der Waals surface area contributed by atoms with Crippen LogP contribution < -0.4 is 0 Å². The fraction of sp³-hybridized carbons (Fsp3) is 0.769. The third kappa shape index (κ3) is 1.51. The number of hydrogen-bond donors (Lipinski definition) is 0. The Morgan fingerprint density at radius 1 is 1.47 bits per heavy atom. The summed E-state index contributed by atoms with van der Waals surface area (Å²) in [6, 6.07) is 0. The van der Waals surface area contributed by atoms with Gasteiger partial charge in [-0.05, 0) is 18.9 Å². The minimum Gasteiger partial charge on any atom is -0.451 e. The Labute approximate surface area is 91.7 Å². The highest BCUT2D eigenvalue weighted by molar-refractivity contribution is 5.87. The predicted molar refractivity (Wildman–Crippen MR) is 59.4 cm³/mol. The monoisotopic (exact) mass is 208 g/mol. The van der Waals surface area contributed by atoms with Crippen LogP contribution in [0.2, 0.25) is 0 Å². The highest BCUT2D eigenvalue weighted by atomic mass is 16.6. The van der Waals surface area contributed by atoms with Crippen molar-refractivity contribution in [1.29, 1.82) is 0 Å². The molecule has 0 aromatic carbocycles. The molecular formula is C13H20O2. The number of carbonyl (C=O) groups excluding carboxylic acids is 1. The van der Waals surface area contributed by atoms with Crippen LogP contribution in [0.4, 0.5) is 0 Å². The van der Waals surface area contributed by atoms with E-state index in [-0.39, 0.29) is 17.0 Å². The second-order valence-corrected chi connectivity index (χ2v) is 5.27. The largest absolute Gasteiger partial charge is 0.451 e. The summed E-state index contributed by atoms with van der Waals surface area (Å²) in [5.74, 6) is -0.147. The predicted octanol–water partition coefficient (Wildman–Crippen LogP) is 3.22. The molecule has 1 aliphatic carbocycles. The van der Waals surface area contributed by atoms with E-state index in [1.54, 1.807) is 6.08 Å². The molecule has 84 valence electrons. The molecule has 0 saturated heterocycles. The first kappa shape index (κ1) is 10.7. The molecule has 0 unspecified atom stereocenters. The molecule has 2 aliphatic rings. The summed E-state index contributed by atoms with van der Waals surface area (Å²) >= 11 is 0. The van der Waals surface area contributed by atoms with Crippen LogP contribution >= 0.6 is 0 Å². The summed E-state index contributed by atoms with van der Waals surface area (Å²) in [4.78, 5) is 11.2. The summed E-state index contributed by atoms with van der Waals surface area (Å²) in [6.07, 6.45) is 7.64. The van der Waals surface area contributed by atoms with Crippen molar-refractivity contribution < 1.29 is 9.53 Å². The van der Waals surface area contributed by atoms with Crippen LogP contribution in [0.25, 0.3) is 0 Å². The summed E-state index contributed by atoms with van der Waals surface area (Å²) in [7, 11) is 0. The Morgan fingerprint density at radius 3 is 2.73 bits per heavy atom. The summed E-state index contributed by atoms with van der Waals surface area (Å²) in [5, 5.41) is 0. The lowest BCUT2D eigenvalue weighted by Crippen LogP contribution is -2.21. The number of hydrogen-bond acceptors (Lipinski definition) is 2. The van der Waals surface area contributed by atoms with Crippen LogP contribution in [0.15, 0.2) is 11.6 Å². The Bertz CT molecular complexity index is 318. The van der Waals surface area contributed by atoms with E-state index in [4.69, 9.17) is 4.74 Å². The minimum atomic E-state index is -0.210. The first-order chi connectivity index (χ1) is 7.04. The second-order valence-electron chi connectivity index (χ2n) is 5.27. The molecule has 0 N–H and O–H groups in total. The van der Waals surface area contributed by atoms with Crippen LogP contribution in [-0.4, -0.2) is 11.6 Å². The summed E-state index contributed by atoms with van der Waals surface area (Å²) in [5.41, 5.74) is 1.14. The number of unbranched alkanes of at least 4 members (excludes halogenated alkanes) is 2. The Morgan fingerprint density at radius 2 is 2.20 bits per heavy atom. The molecule has 0 amide bonds. The molecule has 1 saturated carbocycles.